The molecule has 0 saturated carbocycles. The summed E-state index contributed by atoms with van der Waals surface area (Å²) in [5.74, 6) is 0.273. The van der Waals surface area contributed by atoms with E-state index in [1.165, 1.54) is 6.33 Å². The molecule has 0 aliphatic rings. The first-order chi connectivity index (χ1) is 14.8. The van der Waals surface area contributed by atoms with E-state index in [-0.39, 0.29) is 31.6 Å². The summed E-state index contributed by atoms with van der Waals surface area (Å²) >= 11 is 9.45. The number of benzene rings is 1. The van der Waals surface area contributed by atoms with Gasteiger partial charge >= 0.3 is 7.60 Å². The smallest absolute Gasteiger partial charge is 0.338 e. The lowest BCUT2D eigenvalue weighted by Gasteiger charge is -2.16. The molecule has 2 heterocycles. The van der Waals surface area contributed by atoms with E-state index in [0.717, 1.165) is 10.2 Å². The van der Waals surface area contributed by atoms with Crippen LogP contribution in [0.5, 0.6) is 0 Å². The highest BCUT2D eigenvalue weighted by molar-refractivity contribution is 9.10. The molecule has 31 heavy (non-hydrogen) atoms. The minimum atomic E-state index is -3.45. The van der Waals surface area contributed by atoms with E-state index in [0.29, 0.717) is 27.4 Å². The van der Waals surface area contributed by atoms with E-state index >= 15 is 0 Å². The molecular formula is C20H21BrClN4O4P. The van der Waals surface area contributed by atoms with E-state index < -0.39 is 7.60 Å². The van der Waals surface area contributed by atoms with Crippen LogP contribution < -0.4 is 5.32 Å². The van der Waals surface area contributed by atoms with Crippen molar-refractivity contribution in [2.45, 2.75) is 20.3 Å². The summed E-state index contributed by atoms with van der Waals surface area (Å²) in [5.41, 5.74) is 1.91. The molecule has 11 heteroatoms. The molecule has 0 saturated heterocycles. The third-order valence-electron chi connectivity index (χ3n) is 4.16. The molecule has 1 N–H and O–H groups in total. The second-order valence-electron chi connectivity index (χ2n) is 6.49. The third kappa shape index (κ3) is 6.30. The number of ketones is 1. The maximum absolute atomic E-state index is 12.6. The number of Topliss-reactive ketones (excluding diaryl/α,β-unsaturated/α-hetero) is 1. The number of anilines is 2. The Morgan fingerprint density at radius 1 is 1.16 bits per heavy atom. The molecular weight excluding hydrogens is 507 g/mol. The molecule has 0 amide bonds. The average Bonchev–Trinajstić information content (AvgIpc) is 2.71. The number of hydrogen-bond donors (Lipinski definition) is 1. The zero-order valence-electron chi connectivity index (χ0n) is 17.0. The minimum absolute atomic E-state index is 0.0130. The molecule has 0 aliphatic heterocycles. The first-order valence-corrected chi connectivity index (χ1v) is 12.4. The van der Waals surface area contributed by atoms with E-state index in [9.17, 15) is 9.36 Å². The van der Waals surface area contributed by atoms with Crippen molar-refractivity contribution in [1.82, 2.24) is 15.0 Å². The Kier molecular flexibility index (Phi) is 8.13. The summed E-state index contributed by atoms with van der Waals surface area (Å²) in [6, 6.07) is 7.16. The zero-order chi connectivity index (χ0) is 22.4. The van der Waals surface area contributed by atoms with Gasteiger partial charge in [-0.15, -0.1) is 0 Å². The molecule has 0 aliphatic carbocycles. The molecule has 0 spiro atoms. The fourth-order valence-electron chi connectivity index (χ4n) is 2.91. The van der Waals surface area contributed by atoms with Crippen LogP contribution in [0.1, 0.15) is 19.5 Å². The van der Waals surface area contributed by atoms with Crippen molar-refractivity contribution in [2.24, 2.45) is 0 Å². The van der Waals surface area contributed by atoms with E-state index in [2.05, 4.69) is 36.2 Å². The van der Waals surface area contributed by atoms with Crippen molar-refractivity contribution < 1.29 is 18.4 Å². The molecule has 3 aromatic rings. The van der Waals surface area contributed by atoms with Gasteiger partial charge in [0.05, 0.1) is 29.9 Å². The number of carbonyl (C=O) groups is 1. The number of rotatable bonds is 10. The molecule has 164 valence electrons. The van der Waals surface area contributed by atoms with Crippen LogP contribution in [-0.2, 0) is 24.8 Å². The average molecular weight is 528 g/mol. The van der Waals surface area contributed by atoms with Gasteiger partial charge in [-0.25, -0.2) is 9.97 Å². The summed E-state index contributed by atoms with van der Waals surface area (Å²) in [7, 11) is -3.45. The van der Waals surface area contributed by atoms with Crippen LogP contribution in [-0.4, -0.2) is 40.1 Å². The van der Waals surface area contributed by atoms with Crippen LogP contribution in [0.15, 0.2) is 41.3 Å². The first kappa shape index (κ1) is 23.8. The Morgan fingerprint density at radius 3 is 2.58 bits per heavy atom. The summed E-state index contributed by atoms with van der Waals surface area (Å²) in [4.78, 5) is 25.4. The van der Waals surface area contributed by atoms with Crippen molar-refractivity contribution in [3.05, 3.63) is 52.0 Å². The number of pyridine rings is 1. The summed E-state index contributed by atoms with van der Waals surface area (Å²) in [6.45, 7) is 3.81. The number of nitrogens with one attached hydrogen (secondary N) is 1. The Hall–Kier alpha value is -1.90. The molecule has 3 rings (SSSR count). The van der Waals surface area contributed by atoms with E-state index in [4.69, 9.17) is 20.6 Å². The quantitative estimate of drug-likeness (QED) is 0.342. The summed E-state index contributed by atoms with van der Waals surface area (Å²) in [6.07, 6.45) is 2.69. The van der Waals surface area contributed by atoms with Crippen LogP contribution in [0, 0.1) is 0 Å². The standard InChI is InChI=1S/C20H21BrClN4O4P/c1-3-29-31(28,30-4-2)11-15(27)7-14-8-16-19(10-23-14)24-12-25-20(16)26-13-5-6-18(22)17(21)9-13/h5-6,8-10,12H,3-4,7,11H2,1-2H3,(H,24,25,26). The topological polar surface area (TPSA) is 103 Å². The Labute approximate surface area is 193 Å². The van der Waals surface area contributed by atoms with Gasteiger partial charge in [-0.2, -0.15) is 0 Å². The number of aromatic nitrogens is 3. The van der Waals surface area contributed by atoms with Crippen LogP contribution in [0.25, 0.3) is 10.9 Å². The maximum Gasteiger partial charge on any atom is 0.338 e. The second kappa shape index (κ2) is 10.6. The second-order valence-corrected chi connectivity index (χ2v) is 9.80. The highest BCUT2D eigenvalue weighted by Crippen LogP contribution is 2.47. The number of hydrogen-bond acceptors (Lipinski definition) is 8. The molecule has 0 bridgehead atoms. The first-order valence-electron chi connectivity index (χ1n) is 9.55. The lowest BCUT2D eigenvalue weighted by molar-refractivity contribution is -0.116. The van der Waals surface area contributed by atoms with Crippen LogP contribution in [0.4, 0.5) is 11.5 Å². The number of nitrogens with zero attached hydrogens (tertiary/aromatic N) is 3. The van der Waals surface area contributed by atoms with E-state index in [1.54, 1.807) is 32.2 Å². The Morgan fingerprint density at radius 2 is 1.90 bits per heavy atom. The summed E-state index contributed by atoms with van der Waals surface area (Å²) < 4.78 is 23.8. The van der Waals surface area contributed by atoms with E-state index in [1.807, 2.05) is 12.1 Å². The lowest BCUT2D eigenvalue weighted by Crippen LogP contribution is -2.13. The molecule has 1 aromatic carbocycles. The van der Waals surface area contributed by atoms with Gasteiger partial charge in [-0.1, -0.05) is 11.6 Å². The van der Waals surface area contributed by atoms with Crippen LogP contribution in [0.2, 0.25) is 5.02 Å². The monoisotopic (exact) mass is 526 g/mol. The maximum atomic E-state index is 12.6. The zero-order valence-corrected chi connectivity index (χ0v) is 20.2. The van der Waals surface area contributed by atoms with Gasteiger partial charge in [0, 0.05) is 27.7 Å². The highest BCUT2D eigenvalue weighted by atomic mass is 79.9. The minimum Gasteiger partial charge on any atom is -0.340 e. The van der Waals surface area contributed by atoms with Crippen molar-refractivity contribution >= 4 is 63.3 Å². The molecule has 0 unspecified atom stereocenters. The van der Waals surface area contributed by atoms with Gasteiger partial charge in [-0.05, 0) is 54.0 Å². The number of fused-ring (bicyclic) bond motifs is 1. The Bertz CT molecular complexity index is 1140. The van der Waals surface area contributed by atoms with Gasteiger partial charge in [0.25, 0.3) is 0 Å². The number of carbonyl (C=O) groups excluding carboxylic acids is 1. The normalized spacial score (nSPS) is 11.6. The van der Waals surface area contributed by atoms with Gasteiger partial charge in [0.15, 0.2) is 5.78 Å². The SMILES string of the molecule is CCOP(=O)(CC(=O)Cc1cc2c(Nc3ccc(Cl)c(Br)c3)ncnc2cn1)OCC. The van der Waals surface area contributed by atoms with Gasteiger partial charge in [0.2, 0.25) is 0 Å². The predicted molar refractivity (Wildman–Crippen MR) is 124 cm³/mol. The molecule has 8 nitrogen and oxygen atoms in total. The van der Waals surface area contributed by atoms with Crippen molar-refractivity contribution in [1.29, 1.82) is 0 Å². The predicted octanol–water partition coefficient (Wildman–Crippen LogP) is 5.56. The van der Waals surface area contributed by atoms with Gasteiger partial charge in [-0.3, -0.25) is 14.3 Å². The molecule has 0 fully saturated rings. The highest BCUT2D eigenvalue weighted by Gasteiger charge is 2.27. The largest absolute Gasteiger partial charge is 0.340 e. The van der Waals surface area contributed by atoms with Crippen molar-refractivity contribution in [3.8, 4) is 0 Å². The van der Waals surface area contributed by atoms with Crippen LogP contribution in [0.3, 0.4) is 0 Å². The summed E-state index contributed by atoms with van der Waals surface area (Å²) in [5, 5.41) is 4.53. The van der Waals surface area contributed by atoms with Crippen molar-refractivity contribution in [2.75, 3.05) is 24.7 Å². The molecule has 0 radical (unpaired) electrons. The van der Waals surface area contributed by atoms with Crippen molar-refractivity contribution in [3.63, 3.8) is 0 Å². The molecule has 2 aromatic heterocycles. The molecule has 0 atom stereocenters. The lowest BCUT2D eigenvalue weighted by atomic mass is 10.1. The number of halogens is 2. The van der Waals surface area contributed by atoms with Crippen LogP contribution >= 0.6 is 35.1 Å². The van der Waals surface area contributed by atoms with Gasteiger partial charge < -0.3 is 14.4 Å². The van der Waals surface area contributed by atoms with Gasteiger partial charge in [0.1, 0.15) is 18.3 Å². The third-order valence-corrected chi connectivity index (χ3v) is 7.42. The fraction of sp³-hybridized carbons (Fsp3) is 0.300. The fourth-order valence-corrected chi connectivity index (χ4v) is 4.99. The Balaban J connectivity index is 1.83.